The van der Waals surface area contributed by atoms with Gasteiger partial charge >= 0.3 is 6.18 Å². The Bertz CT molecular complexity index is 776. The van der Waals surface area contributed by atoms with Crippen molar-refractivity contribution in [1.29, 1.82) is 0 Å². The van der Waals surface area contributed by atoms with Crippen LogP contribution >= 0.6 is 23.8 Å². The molecular weight excluding hydrogens is 361 g/mol. The molecule has 0 aliphatic rings. The number of hydrogen-bond donors (Lipinski definition) is 2. The van der Waals surface area contributed by atoms with Crippen LogP contribution in [0.1, 0.15) is 22.8 Å². The van der Waals surface area contributed by atoms with E-state index in [2.05, 4.69) is 10.6 Å². The fourth-order valence-corrected chi connectivity index (χ4v) is 2.26. The largest absolute Gasteiger partial charge is 0.416 e. The number of carbonyl (C=O) groups excluding carboxylic acids is 1. The summed E-state index contributed by atoms with van der Waals surface area (Å²) in [5.41, 5.74) is 0.341. The predicted octanol–water partition coefficient (Wildman–Crippen LogP) is 5.37. The van der Waals surface area contributed by atoms with Gasteiger partial charge in [0.25, 0.3) is 0 Å². The number of benzene rings is 2. The van der Waals surface area contributed by atoms with Crippen LogP contribution in [0.4, 0.5) is 24.5 Å². The van der Waals surface area contributed by atoms with E-state index >= 15 is 0 Å². The lowest BCUT2D eigenvalue weighted by Crippen LogP contribution is -2.19. The molecule has 0 aliphatic heterocycles. The summed E-state index contributed by atoms with van der Waals surface area (Å²) >= 11 is 11.0. The lowest BCUT2D eigenvalue weighted by molar-refractivity contribution is -0.137. The molecule has 0 spiro atoms. The van der Waals surface area contributed by atoms with Gasteiger partial charge in [-0.15, -0.1) is 0 Å². The Labute approximate surface area is 146 Å². The first kappa shape index (κ1) is 18.2. The summed E-state index contributed by atoms with van der Waals surface area (Å²) in [5, 5.41) is 5.63. The van der Waals surface area contributed by atoms with Gasteiger partial charge in [0.1, 0.15) is 0 Å². The maximum absolute atomic E-state index is 12.7. The summed E-state index contributed by atoms with van der Waals surface area (Å²) in [4.78, 5) is 11.2. The topological polar surface area (TPSA) is 41.1 Å². The summed E-state index contributed by atoms with van der Waals surface area (Å²) in [6, 6.07) is 9.43. The van der Waals surface area contributed by atoms with Crippen LogP contribution in [0.5, 0.6) is 0 Å². The van der Waals surface area contributed by atoms with Gasteiger partial charge in [0.2, 0.25) is 0 Å². The van der Waals surface area contributed by atoms with Gasteiger partial charge < -0.3 is 10.6 Å². The molecule has 0 bridgehead atoms. The first-order chi connectivity index (χ1) is 11.2. The van der Waals surface area contributed by atoms with Crippen LogP contribution in [-0.2, 0) is 6.18 Å². The number of carbonyl (C=O) groups is 1. The maximum Gasteiger partial charge on any atom is 0.416 e. The third kappa shape index (κ3) is 4.69. The molecule has 0 unspecified atom stereocenters. The van der Waals surface area contributed by atoms with E-state index in [1.165, 1.54) is 6.92 Å². The number of rotatable bonds is 3. The molecule has 2 aromatic rings. The van der Waals surface area contributed by atoms with E-state index in [-0.39, 0.29) is 21.6 Å². The predicted molar refractivity (Wildman–Crippen MR) is 92.7 cm³/mol. The quantitative estimate of drug-likeness (QED) is 0.561. The SMILES string of the molecule is CC(=O)c1ccc(NC(=S)Nc2cc(C(F)(F)F)ccc2Cl)cc1. The molecule has 24 heavy (non-hydrogen) atoms. The molecule has 8 heteroatoms. The molecule has 0 atom stereocenters. The molecule has 0 aliphatic carbocycles. The zero-order valence-corrected chi connectivity index (χ0v) is 13.9. The number of Topliss-reactive ketones (excluding diaryl/α,β-unsaturated/α-hetero) is 1. The Morgan fingerprint density at radius 2 is 1.71 bits per heavy atom. The summed E-state index contributed by atoms with van der Waals surface area (Å²) in [6.07, 6.45) is -4.47. The van der Waals surface area contributed by atoms with Crippen molar-refractivity contribution < 1.29 is 18.0 Å². The van der Waals surface area contributed by atoms with Gasteiger partial charge in [0, 0.05) is 11.3 Å². The average molecular weight is 373 g/mol. The van der Waals surface area contributed by atoms with Gasteiger partial charge in [-0.3, -0.25) is 4.79 Å². The summed E-state index contributed by atoms with van der Waals surface area (Å²) in [5.74, 6) is -0.0713. The Kier molecular flexibility index (Phi) is 5.46. The number of ketones is 1. The third-order valence-electron chi connectivity index (χ3n) is 3.09. The van der Waals surface area contributed by atoms with Crippen molar-refractivity contribution in [2.45, 2.75) is 13.1 Å². The Hall–Kier alpha value is -2.12. The second kappa shape index (κ2) is 7.19. The van der Waals surface area contributed by atoms with E-state index in [0.717, 1.165) is 18.2 Å². The average Bonchev–Trinajstić information content (AvgIpc) is 2.48. The van der Waals surface area contributed by atoms with Gasteiger partial charge in [-0.2, -0.15) is 13.2 Å². The molecule has 126 valence electrons. The van der Waals surface area contributed by atoms with Crippen LogP contribution in [0, 0.1) is 0 Å². The second-order valence-corrected chi connectivity index (χ2v) is 5.72. The maximum atomic E-state index is 12.7. The highest BCUT2D eigenvalue weighted by Crippen LogP contribution is 2.33. The molecule has 0 saturated carbocycles. The van der Waals surface area contributed by atoms with Crippen LogP contribution in [0.15, 0.2) is 42.5 Å². The number of thiocarbonyl (C=S) groups is 1. The third-order valence-corrected chi connectivity index (χ3v) is 3.62. The summed E-state index contributed by atoms with van der Waals surface area (Å²) in [7, 11) is 0. The second-order valence-electron chi connectivity index (χ2n) is 4.91. The molecule has 0 amide bonds. The first-order valence-corrected chi connectivity index (χ1v) is 7.51. The molecule has 3 nitrogen and oxygen atoms in total. The summed E-state index contributed by atoms with van der Waals surface area (Å²) < 4.78 is 38.2. The van der Waals surface area contributed by atoms with Crippen molar-refractivity contribution in [3.63, 3.8) is 0 Å². The normalized spacial score (nSPS) is 11.0. The number of anilines is 2. The molecule has 2 rings (SSSR count). The molecule has 0 radical (unpaired) electrons. The highest BCUT2D eigenvalue weighted by molar-refractivity contribution is 7.80. The molecule has 0 saturated heterocycles. The van der Waals surface area contributed by atoms with Crippen molar-refractivity contribution in [3.05, 3.63) is 58.6 Å². The Morgan fingerprint density at radius 1 is 1.08 bits per heavy atom. The van der Waals surface area contributed by atoms with Gasteiger partial charge in [-0.05, 0) is 61.6 Å². The van der Waals surface area contributed by atoms with E-state index in [4.69, 9.17) is 23.8 Å². The standard InChI is InChI=1S/C16H12ClF3N2OS/c1-9(23)10-2-5-12(6-3-10)21-15(24)22-14-8-11(16(18,19)20)4-7-13(14)17/h2-8H,1H3,(H2,21,22,24). The fourth-order valence-electron chi connectivity index (χ4n) is 1.87. The van der Waals surface area contributed by atoms with Crippen LogP contribution in [-0.4, -0.2) is 10.9 Å². The number of halogens is 4. The number of nitrogens with one attached hydrogen (secondary N) is 2. The van der Waals surface area contributed by atoms with Crippen LogP contribution in [0.2, 0.25) is 5.02 Å². The van der Waals surface area contributed by atoms with E-state index in [9.17, 15) is 18.0 Å². The van der Waals surface area contributed by atoms with Crippen molar-refractivity contribution in [1.82, 2.24) is 0 Å². The van der Waals surface area contributed by atoms with Gasteiger partial charge in [-0.1, -0.05) is 11.6 Å². The highest BCUT2D eigenvalue weighted by Gasteiger charge is 2.31. The Balaban J connectivity index is 2.11. The molecule has 0 heterocycles. The molecule has 2 aromatic carbocycles. The van der Waals surface area contributed by atoms with Crippen molar-refractivity contribution in [3.8, 4) is 0 Å². The zero-order valence-electron chi connectivity index (χ0n) is 12.4. The van der Waals surface area contributed by atoms with Crippen LogP contribution in [0.3, 0.4) is 0 Å². The van der Waals surface area contributed by atoms with Gasteiger partial charge in [-0.25, -0.2) is 0 Å². The van der Waals surface area contributed by atoms with Crippen molar-refractivity contribution in [2.75, 3.05) is 10.6 Å². The highest BCUT2D eigenvalue weighted by atomic mass is 35.5. The monoisotopic (exact) mass is 372 g/mol. The van der Waals surface area contributed by atoms with Gasteiger partial charge in [0.05, 0.1) is 16.3 Å². The molecule has 2 N–H and O–H groups in total. The number of hydrogen-bond acceptors (Lipinski definition) is 2. The van der Waals surface area contributed by atoms with E-state index in [1.807, 2.05) is 0 Å². The minimum Gasteiger partial charge on any atom is -0.332 e. The fraction of sp³-hybridized carbons (Fsp3) is 0.125. The van der Waals surface area contributed by atoms with E-state index in [1.54, 1.807) is 24.3 Å². The van der Waals surface area contributed by atoms with Crippen molar-refractivity contribution >= 4 is 46.1 Å². The molecule has 0 aromatic heterocycles. The minimum atomic E-state index is -4.47. The molecule has 0 fully saturated rings. The minimum absolute atomic E-state index is 0.0457. The van der Waals surface area contributed by atoms with Crippen LogP contribution in [0.25, 0.3) is 0 Å². The Morgan fingerprint density at radius 3 is 2.25 bits per heavy atom. The zero-order chi connectivity index (χ0) is 17.9. The van der Waals surface area contributed by atoms with E-state index < -0.39 is 11.7 Å². The lowest BCUT2D eigenvalue weighted by Gasteiger charge is -2.14. The smallest absolute Gasteiger partial charge is 0.332 e. The summed E-state index contributed by atoms with van der Waals surface area (Å²) in [6.45, 7) is 1.45. The lowest BCUT2D eigenvalue weighted by atomic mass is 10.1. The van der Waals surface area contributed by atoms with Gasteiger partial charge in [0.15, 0.2) is 10.9 Å². The molecular formula is C16H12ClF3N2OS. The first-order valence-electron chi connectivity index (χ1n) is 6.72. The van der Waals surface area contributed by atoms with E-state index in [0.29, 0.717) is 11.3 Å². The van der Waals surface area contributed by atoms with Crippen molar-refractivity contribution in [2.24, 2.45) is 0 Å². The van der Waals surface area contributed by atoms with Crippen LogP contribution < -0.4 is 10.6 Å². The number of alkyl halides is 3.